The molecule has 1 unspecified atom stereocenters. The summed E-state index contributed by atoms with van der Waals surface area (Å²) in [6.07, 6.45) is 1.46. The Kier molecular flexibility index (Phi) is 8.49. The third-order valence-electron chi connectivity index (χ3n) is 6.04. The first kappa shape index (κ1) is 26.2. The van der Waals surface area contributed by atoms with E-state index >= 15 is 0 Å². The van der Waals surface area contributed by atoms with Crippen molar-refractivity contribution in [1.82, 2.24) is 14.7 Å². The third-order valence-corrected chi connectivity index (χ3v) is 6.04. The first-order valence-corrected chi connectivity index (χ1v) is 12.4. The number of benzene rings is 2. The first-order valence-electron chi connectivity index (χ1n) is 12.4. The molecule has 1 heterocycles. The Morgan fingerprint density at radius 2 is 1.74 bits per heavy atom. The number of anilines is 1. The fraction of sp³-hybridized carbons (Fsp3) is 0.414. The van der Waals surface area contributed by atoms with Crippen molar-refractivity contribution in [2.24, 2.45) is 0 Å². The van der Waals surface area contributed by atoms with E-state index in [1.54, 1.807) is 9.58 Å². The van der Waals surface area contributed by atoms with Crippen molar-refractivity contribution in [3.05, 3.63) is 77.5 Å². The summed E-state index contributed by atoms with van der Waals surface area (Å²) in [7, 11) is 0. The molecule has 0 spiro atoms. The van der Waals surface area contributed by atoms with Gasteiger partial charge in [0.25, 0.3) is 0 Å². The molecule has 3 rings (SSSR count). The molecule has 6 heteroatoms. The van der Waals surface area contributed by atoms with Crippen molar-refractivity contribution in [1.29, 1.82) is 0 Å². The predicted molar refractivity (Wildman–Crippen MR) is 142 cm³/mol. The molecule has 6 nitrogen and oxygen atoms in total. The topological polar surface area (TPSA) is 67.2 Å². The molecule has 0 saturated carbocycles. The summed E-state index contributed by atoms with van der Waals surface area (Å²) < 4.78 is 1.77. The second-order valence-electron chi connectivity index (χ2n) is 10.1. The second kappa shape index (κ2) is 11.3. The molecule has 0 aliphatic carbocycles. The predicted octanol–water partition coefficient (Wildman–Crippen LogP) is 5.85. The van der Waals surface area contributed by atoms with Crippen molar-refractivity contribution in [3.8, 4) is 5.69 Å². The number of nitrogens with zero attached hydrogens (tertiary/aromatic N) is 3. The molecule has 2 aromatic carbocycles. The maximum atomic E-state index is 13.4. The largest absolute Gasteiger partial charge is 0.333 e. The summed E-state index contributed by atoms with van der Waals surface area (Å²) in [5.74, 6) is 0.0904. The van der Waals surface area contributed by atoms with Crippen molar-refractivity contribution >= 4 is 17.6 Å². The standard InChI is InChI=1S/C29H38N4O2/c1-7-17-32(28(35)24(8-2)22-14-10-9-11-15-22)20-27(34)30-26-19-25(29(4,5)6)31-33(26)23-16-12-13-21(3)18-23/h9-16,18-19,24H,7-8,17,20H2,1-6H3,(H,30,34). The van der Waals surface area contributed by atoms with Gasteiger partial charge in [-0.2, -0.15) is 5.10 Å². The van der Waals surface area contributed by atoms with Crippen LogP contribution in [-0.4, -0.2) is 39.6 Å². The van der Waals surface area contributed by atoms with Crippen LogP contribution in [0.3, 0.4) is 0 Å². The summed E-state index contributed by atoms with van der Waals surface area (Å²) in [6.45, 7) is 12.9. The molecular formula is C29H38N4O2. The van der Waals surface area contributed by atoms with Gasteiger partial charge in [-0.1, -0.05) is 77.1 Å². The van der Waals surface area contributed by atoms with Crippen molar-refractivity contribution in [3.63, 3.8) is 0 Å². The Labute approximate surface area is 209 Å². The Balaban J connectivity index is 1.85. The molecule has 0 fully saturated rings. The molecule has 1 aromatic heterocycles. The Bertz CT molecular complexity index is 1140. The van der Waals surface area contributed by atoms with Crippen LogP contribution < -0.4 is 5.32 Å². The Hall–Kier alpha value is -3.41. The molecule has 0 aliphatic rings. The zero-order valence-corrected chi connectivity index (χ0v) is 21.8. The van der Waals surface area contributed by atoms with Gasteiger partial charge in [-0.15, -0.1) is 0 Å². The van der Waals surface area contributed by atoms with Crippen LogP contribution in [0.4, 0.5) is 5.82 Å². The minimum absolute atomic E-state index is 0.000143. The summed E-state index contributed by atoms with van der Waals surface area (Å²) in [5, 5.41) is 7.83. The van der Waals surface area contributed by atoms with E-state index in [1.165, 1.54) is 0 Å². The van der Waals surface area contributed by atoms with Crippen LogP contribution in [0.1, 0.15) is 70.2 Å². The smallest absolute Gasteiger partial charge is 0.245 e. The summed E-state index contributed by atoms with van der Waals surface area (Å²) >= 11 is 0. The van der Waals surface area contributed by atoms with Gasteiger partial charge in [-0.3, -0.25) is 9.59 Å². The number of carbonyl (C=O) groups is 2. The number of aromatic nitrogens is 2. The Morgan fingerprint density at radius 1 is 1.03 bits per heavy atom. The summed E-state index contributed by atoms with van der Waals surface area (Å²) in [4.78, 5) is 28.3. The van der Waals surface area contributed by atoms with E-state index in [0.717, 1.165) is 28.9 Å². The lowest BCUT2D eigenvalue weighted by molar-refractivity contribution is -0.136. The summed E-state index contributed by atoms with van der Waals surface area (Å²) in [5.41, 5.74) is 3.68. The molecule has 2 amide bonds. The third kappa shape index (κ3) is 6.59. The lowest BCUT2D eigenvalue weighted by Crippen LogP contribution is -2.41. The number of aryl methyl sites for hydroxylation is 1. The highest BCUT2D eigenvalue weighted by molar-refractivity contribution is 5.95. The molecule has 0 bridgehead atoms. The van der Waals surface area contributed by atoms with Gasteiger partial charge >= 0.3 is 0 Å². The summed E-state index contributed by atoms with van der Waals surface area (Å²) in [6, 6.07) is 19.7. The van der Waals surface area contributed by atoms with Crippen LogP contribution in [0.5, 0.6) is 0 Å². The highest BCUT2D eigenvalue weighted by atomic mass is 16.2. The number of rotatable bonds is 9. The lowest BCUT2D eigenvalue weighted by atomic mass is 9.92. The van der Waals surface area contributed by atoms with E-state index < -0.39 is 0 Å². The minimum Gasteiger partial charge on any atom is -0.333 e. The molecular weight excluding hydrogens is 436 g/mol. The van der Waals surface area contributed by atoms with Gasteiger partial charge in [0.15, 0.2) is 0 Å². The van der Waals surface area contributed by atoms with Crippen molar-refractivity contribution < 1.29 is 9.59 Å². The monoisotopic (exact) mass is 474 g/mol. The quantitative estimate of drug-likeness (QED) is 0.423. The van der Waals surface area contributed by atoms with Crippen molar-refractivity contribution in [2.75, 3.05) is 18.4 Å². The van der Waals surface area contributed by atoms with Gasteiger partial charge in [0.05, 0.1) is 23.8 Å². The average Bonchev–Trinajstić information content (AvgIpc) is 3.24. The maximum Gasteiger partial charge on any atom is 0.245 e. The molecule has 35 heavy (non-hydrogen) atoms. The van der Waals surface area contributed by atoms with Gasteiger partial charge in [-0.25, -0.2) is 4.68 Å². The zero-order chi connectivity index (χ0) is 25.6. The van der Waals surface area contributed by atoms with E-state index in [9.17, 15) is 9.59 Å². The lowest BCUT2D eigenvalue weighted by Gasteiger charge is -2.26. The number of nitrogens with one attached hydrogen (secondary N) is 1. The Morgan fingerprint density at radius 3 is 2.34 bits per heavy atom. The van der Waals surface area contributed by atoms with Crippen LogP contribution >= 0.6 is 0 Å². The minimum atomic E-state index is -0.263. The molecule has 0 saturated heterocycles. The van der Waals surface area contributed by atoms with Crippen LogP contribution in [-0.2, 0) is 15.0 Å². The van der Waals surface area contributed by atoms with E-state index in [0.29, 0.717) is 18.8 Å². The average molecular weight is 475 g/mol. The highest BCUT2D eigenvalue weighted by Crippen LogP contribution is 2.27. The maximum absolute atomic E-state index is 13.4. The number of amides is 2. The van der Waals surface area contributed by atoms with Gasteiger partial charge in [0.1, 0.15) is 5.82 Å². The SMILES string of the molecule is CCCN(CC(=O)Nc1cc(C(C)(C)C)nn1-c1cccc(C)c1)C(=O)C(CC)c1ccccc1. The van der Waals surface area contributed by atoms with Crippen molar-refractivity contribution in [2.45, 2.75) is 65.7 Å². The van der Waals surface area contributed by atoms with E-state index in [1.807, 2.05) is 81.4 Å². The van der Waals surface area contributed by atoms with Crippen LogP contribution in [0.15, 0.2) is 60.7 Å². The van der Waals surface area contributed by atoms with Gasteiger partial charge in [0, 0.05) is 18.0 Å². The van der Waals surface area contributed by atoms with Gasteiger partial charge in [0.2, 0.25) is 11.8 Å². The van der Waals surface area contributed by atoms with E-state index in [4.69, 9.17) is 5.10 Å². The molecule has 3 aromatic rings. The molecule has 1 atom stereocenters. The second-order valence-corrected chi connectivity index (χ2v) is 10.1. The first-order chi connectivity index (χ1) is 16.6. The van der Waals surface area contributed by atoms with Crippen LogP contribution in [0.2, 0.25) is 0 Å². The normalized spacial score (nSPS) is 12.3. The molecule has 0 aliphatic heterocycles. The number of hydrogen-bond donors (Lipinski definition) is 1. The van der Waals surface area contributed by atoms with Crippen LogP contribution in [0, 0.1) is 6.92 Å². The number of hydrogen-bond acceptors (Lipinski definition) is 3. The van der Waals surface area contributed by atoms with Gasteiger partial charge in [-0.05, 0) is 43.0 Å². The highest BCUT2D eigenvalue weighted by Gasteiger charge is 2.27. The fourth-order valence-electron chi connectivity index (χ4n) is 4.14. The molecule has 0 radical (unpaired) electrons. The van der Waals surface area contributed by atoms with Crippen LogP contribution in [0.25, 0.3) is 5.69 Å². The van der Waals surface area contributed by atoms with E-state index in [-0.39, 0.29) is 29.7 Å². The fourth-order valence-corrected chi connectivity index (χ4v) is 4.14. The molecule has 186 valence electrons. The molecule has 1 N–H and O–H groups in total. The van der Waals surface area contributed by atoms with Gasteiger partial charge < -0.3 is 10.2 Å². The zero-order valence-electron chi connectivity index (χ0n) is 21.8. The number of carbonyl (C=O) groups excluding carboxylic acids is 2. The van der Waals surface area contributed by atoms with E-state index in [2.05, 4.69) is 26.1 Å².